The quantitative estimate of drug-likeness (QED) is 0.123. The minimum Gasteiger partial charge on any atom is -0.457 e. The van der Waals surface area contributed by atoms with Crippen molar-refractivity contribution in [1.29, 1.82) is 0 Å². The standard InChI is InChI=1S/C63H71N4O/c1-59(2,3)42-21-18-20-41(32-42)49-23-19-25-55-58(49)67(47-34-44(61(7,8)9)33-45(35-47)62(10,11)12)39-66(55,40-67)46-26-29-52(63(13,14)15)56(37-46)68-48-27-28-51-50-22-16-17-24-53(50)65(54(51)38-48)57-36-43(30-31-64-57)60(4,5)6/h16-39H,40H2,1-15H3/q+1/t66-,67+/m1/s1. The molecule has 0 radical (unpaired) electrons. The third kappa shape index (κ3) is 7.49. The van der Waals surface area contributed by atoms with E-state index >= 15 is 0 Å². The summed E-state index contributed by atoms with van der Waals surface area (Å²) < 4.78 is 10.8. The zero-order valence-corrected chi connectivity index (χ0v) is 43.3. The lowest BCUT2D eigenvalue weighted by Crippen LogP contribution is -2.67. The number of pyridine rings is 1. The van der Waals surface area contributed by atoms with E-state index in [0.29, 0.717) is 8.97 Å². The Morgan fingerprint density at radius 2 is 1.13 bits per heavy atom. The lowest BCUT2D eigenvalue weighted by Gasteiger charge is -2.56. The first kappa shape index (κ1) is 45.8. The Morgan fingerprint density at radius 1 is 0.500 bits per heavy atom. The Labute approximate surface area is 406 Å². The summed E-state index contributed by atoms with van der Waals surface area (Å²) in [7, 11) is 0. The molecule has 0 N–H and O–H groups in total. The van der Waals surface area contributed by atoms with E-state index in [2.05, 4.69) is 249 Å². The Kier molecular flexibility index (Phi) is 10.3. The second kappa shape index (κ2) is 15.2. The molecule has 3 aliphatic heterocycles. The van der Waals surface area contributed by atoms with Crippen LogP contribution >= 0.6 is 0 Å². The van der Waals surface area contributed by atoms with Gasteiger partial charge in [0.1, 0.15) is 28.7 Å². The molecular weight excluding hydrogens is 829 g/mol. The van der Waals surface area contributed by atoms with E-state index in [1.165, 1.54) is 72.5 Å². The summed E-state index contributed by atoms with van der Waals surface area (Å²) in [4.78, 5) is 4.96. The average Bonchev–Trinajstić information content (AvgIpc) is 3.86. The summed E-state index contributed by atoms with van der Waals surface area (Å²) in [5.74, 6) is 2.58. The van der Waals surface area contributed by atoms with Crippen molar-refractivity contribution in [3.05, 3.63) is 174 Å². The highest BCUT2D eigenvalue weighted by Gasteiger charge is 2.64. The number of nitrogens with zero attached hydrogens (tertiary/aromatic N) is 4. The molecule has 3 aliphatic rings. The minimum atomic E-state index is -0.173. The topological polar surface area (TPSA) is 27.1 Å². The number of para-hydroxylation sites is 2. The molecular formula is C63H71N4O+. The molecule has 5 heteroatoms. The fraction of sp³-hybridized carbons (Fsp3) is 0.333. The number of aromatic nitrogens is 2. The smallest absolute Gasteiger partial charge is 0.188 e. The van der Waals surface area contributed by atoms with Crippen LogP contribution in [0.3, 0.4) is 0 Å². The highest BCUT2D eigenvalue weighted by Crippen LogP contribution is 2.68. The molecule has 1 fully saturated rings. The van der Waals surface area contributed by atoms with E-state index in [9.17, 15) is 0 Å². The Hall–Kier alpha value is -6.01. The van der Waals surface area contributed by atoms with E-state index in [-0.39, 0.29) is 27.1 Å². The molecule has 0 aliphatic carbocycles. The van der Waals surface area contributed by atoms with Gasteiger partial charge in [-0.1, -0.05) is 158 Å². The van der Waals surface area contributed by atoms with Gasteiger partial charge in [0.15, 0.2) is 18.0 Å². The average molecular weight is 900 g/mol. The number of ether oxygens (including phenoxy) is 1. The van der Waals surface area contributed by atoms with Crippen molar-refractivity contribution in [3.63, 3.8) is 0 Å². The molecule has 2 aromatic heterocycles. The predicted molar refractivity (Wildman–Crippen MR) is 289 cm³/mol. The highest BCUT2D eigenvalue weighted by molar-refractivity contribution is 6.09. The van der Waals surface area contributed by atoms with E-state index < -0.39 is 0 Å². The molecule has 0 unspecified atom stereocenters. The number of hydrogen-bond acceptors (Lipinski definition) is 2. The van der Waals surface area contributed by atoms with E-state index in [1.807, 2.05) is 6.20 Å². The van der Waals surface area contributed by atoms with Gasteiger partial charge in [-0.3, -0.25) is 13.5 Å². The molecule has 68 heavy (non-hydrogen) atoms. The van der Waals surface area contributed by atoms with Crippen LogP contribution in [0.15, 0.2) is 140 Å². The first-order valence-corrected chi connectivity index (χ1v) is 24.7. The van der Waals surface area contributed by atoms with Crippen molar-refractivity contribution in [2.45, 2.75) is 131 Å². The summed E-state index contributed by atoms with van der Waals surface area (Å²) in [6.07, 6.45) is 1.94. The normalized spacial score (nSPS) is 18.5. The van der Waals surface area contributed by atoms with Gasteiger partial charge in [0.2, 0.25) is 0 Å². The van der Waals surface area contributed by atoms with Gasteiger partial charge in [0, 0.05) is 58.4 Å². The predicted octanol–water partition coefficient (Wildman–Crippen LogP) is 17.5. The van der Waals surface area contributed by atoms with Crippen LogP contribution < -0.4 is 13.7 Å². The molecule has 5 nitrogen and oxygen atoms in total. The number of hydrogen-bond donors (Lipinski definition) is 0. The SMILES string of the molecule is CC(C)(C)c1cccc(-c2cccc3c2[N@@+]2(c4cc(C(C)(C)C)cc(C(C)(C)C)c4)[CH-][N@+]3(c3ccc(C(C)(C)C)c(Oc4ccc5c6ccccc6n(-c6cc(C(C)(C)C)ccn6)c5c4)c3)C2)c1. The van der Waals surface area contributed by atoms with Gasteiger partial charge in [-0.25, -0.2) is 4.98 Å². The minimum absolute atomic E-state index is 0.0158. The molecule has 11 rings (SSSR count). The molecule has 2 bridgehead atoms. The number of fused-ring (bicyclic) bond motifs is 3. The van der Waals surface area contributed by atoms with Crippen LogP contribution in [-0.2, 0) is 27.1 Å². The molecule has 6 aromatic carbocycles. The summed E-state index contributed by atoms with van der Waals surface area (Å²) in [6.45, 7) is 38.0. The van der Waals surface area contributed by atoms with Crippen molar-refractivity contribution in [2.24, 2.45) is 0 Å². The molecule has 0 amide bonds. The van der Waals surface area contributed by atoms with Gasteiger partial charge >= 0.3 is 0 Å². The van der Waals surface area contributed by atoms with Crippen molar-refractivity contribution in [3.8, 4) is 28.4 Å². The Bertz CT molecular complexity index is 3260. The fourth-order valence-corrected chi connectivity index (χ4v) is 10.7. The Morgan fingerprint density at radius 3 is 1.79 bits per heavy atom. The molecule has 8 aromatic rings. The van der Waals surface area contributed by atoms with Crippen LogP contribution in [0.2, 0.25) is 0 Å². The first-order chi connectivity index (χ1) is 31.8. The van der Waals surface area contributed by atoms with Crippen molar-refractivity contribution < 1.29 is 4.74 Å². The van der Waals surface area contributed by atoms with Crippen LogP contribution in [0.1, 0.15) is 132 Å². The van der Waals surface area contributed by atoms with Gasteiger partial charge in [-0.05, 0) is 103 Å². The maximum Gasteiger partial charge on any atom is 0.188 e. The summed E-state index contributed by atoms with van der Waals surface area (Å²) >= 11 is 0. The zero-order chi connectivity index (χ0) is 48.6. The number of quaternary nitrogens is 2. The third-order valence-electron chi connectivity index (χ3n) is 14.8. The van der Waals surface area contributed by atoms with E-state index in [4.69, 9.17) is 9.72 Å². The molecule has 1 saturated heterocycles. The fourth-order valence-electron chi connectivity index (χ4n) is 10.7. The van der Waals surface area contributed by atoms with Crippen LogP contribution in [-0.4, -0.2) is 16.2 Å². The molecule has 348 valence electrons. The summed E-state index contributed by atoms with van der Waals surface area (Å²) in [6, 6.07) is 50.3. The van der Waals surface area contributed by atoms with Crippen molar-refractivity contribution in [1.82, 2.24) is 18.5 Å². The van der Waals surface area contributed by atoms with Crippen LogP contribution in [0.5, 0.6) is 11.5 Å². The van der Waals surface area contributed by atoms with Gasteiger partial charge in [-0.2, -0.15) is 0 Å². The maximum atomic E-state index is 7.25. The second-order valence-electron chi connectivity index (χ2n) is 25.0. The first-order valence-electron chi connectivity index (χ1n) is 24.7. The van der Waals surface area contributed by atoms with Crippen LogP contribution in [0.4, 0.5) is 22.7 Å². The lowest BCUT2D eigenvalue weighted by molar-refractivity contribution is 0.186. The van der Waals surface area contributed by atoms with Crippen molar-refractivity contribution >= 4 is 44.6 Å². The molecule has 0 spiro atoms. The highest BCUT2D eigenvalue weighted by atomic mass is 16.5. The third-order valence-corrected chi connectivity index (χ3v) is 14.8. The van der Waals surface area contributed by atoms with E-state index in [0.717, 1.165) is 35.0 Å². The maximum absolute atomic E-state index is 7.25. The zero-order valence-electron chi connectivity index (χ0n) is 43.3. The molecule has 2 atom stereocenters. The summed E-state index contributed by atoms with van der Waals surface area (Å²) in [5, 5.41) is 2.37. The number of rotatable bonds is 6. The van der Waals surface area contributed by atoms with Crippen LogP contribution in [0, 0.1) is 6.67 Å². The van der Waals surface area contributed by atoms with Crippen LogP contribution in [0.25, 0.3) is 38.8 Å². The summed E-state index contributed by atoms with van der Waals surface area (Å²) in [5.41, 5.74) is 16.2. The lowest BCUT2D eigenvalue weighted by atomic mass is 9.80. The van der Waals surface area contributed by atoms with Crippen molar-refractivity contribution in [2.75, 3.05) is 6.67 Å². The van der Waals surface area contributed by atoms with Gasteiger partial charge in [0.05, 0.1) is 17.7 Å². The Balaban J connectivity index is 1.15. The van der Waals surface area contributed by atoms with Gasteiger partial charge < -0.3 is 4.74 Å². The molecule has 5 heterocycles. The second-order valence-corrected chi connectivity index (χ2v) is 25.0. The van der Waals surface area contributed by atoms with Gasteiger partial charge in [-0.15, -0.1) is 0 Å². The van der Waals surface area contributed by atoms with E-state index in [1.54, 1.807) is 0 Å². The molecule has 0 saturated carbocycles. The van der Waals surface area contributed by atoms with Gasteiger partial charge in [0.25, 0.3) is 0 Å². The number of benzene rings is 6. The monoisotopic (exact) mass is 900 g/mol. The largest absolute Gasteiger partial charge is 0.457 e.